The SMILES string of the molecule is O=[P+]([O-])O[Si](O)(O)O.[Ca]. The van der Waals surface area contributed by atoms with Crippen molar-refractivity contribution in [2.24, 2.45) is 0 Å². The number of hydrogen-bond acceptors (Lipinski definition) is 6. The van der Waals surface area contributed by atoms with Gasteiger partial charge in [-0.15, -0.1) is 4.21 Å². The molecule has 0 spiro atoms. The fraction of sp³-hybridized carbons (Fsp3) is 0. The molecule has 0 aliphatic carbocycles. The van der Waals surface area contributed by atoms with Crippen LogP contribution in [0.5, 0.6) is 0 Å². The molecule has 1 unspecified atom stereocenters. The molecule has 0 saturated carbocycles. The minimum atomic E-state index is -4.82. The molecule has 0 aliphatic rings. The van der Waals surface area contributed by atoms with Gasteiger partial charge in [0.05, 0.1) is 0 Å². The first-order valence-corrected chi connectivity index (χ1v) is 4.27. The van der Waals surface area contributed by atoms with E-state index in [1.165, 1.54) is 0 Å². The third-order valence-corrected chi connectivity index (χ3v) is 1.77. The van der Waals surface area contributed by atoms with E-state index in [1.54, 1.807) is 0 Å². The van der Waals surface area contributed by atoms with Crippen LogP contribution in [0.15, 0.2) is 0 Å². The maximum absolute atomic E-state index is 9.38. The molecule has 6 nitrogen and oxygen atoms in total. The third-order valence-electron chi connectivity index (χ3n) is 0.197. The van der Waals surface area contributed by atoms with Crippen LogP contribution in [0.1, 0.15) is 0 Å². The van der Waals surface area contributed by atoms with Crippen LogP contribution in [0.2, 0.25) is 0 Å². The molecule has 0 amide bonds. The number of hydrogen-bond donors (Lipinski definition) is 3. The Hall–Kier alpha value is 1.38. The second-order valence-corrected chi connectivity index (χ2v) is 3.21. The summed E-state index contributed by atoms with van der Waals surface area (Å²) in [6.07, 6.45) is 0. The summed E-state index contributed by atoms with van der Waals surface area (Å²) in [5, 5.41) is 0. The normalized spacial score (nSPS) is 12.2. The van der Waals surface area contributed by atoms with Crippen LogP contribution in [0.3, 0.4) is 0 Å². The molecule has 0 aromatic rings. The van der Waals surface area contributed by atoms with Gasteiger partial charge in [-0.3, -0.25) is 0 Å². The Kier molecular flexibility index (Phi) is 7.34. The van der Waals surface area contributed by atoms with E-state index in [1.807, 2.05) is 0 Å². The van der Waals surface area contributed by atoms with Crippen molar-refractivity contribution >= 4 is 55.0 Å². The molecule has 50 valence electrons. The van der Waals surface area contributed by atoms with Crippen molar-refractivity contribution in [3.05, 3.63) is 0 Å². The molecule has 0 saturated heterocycles. The molecule has 1 atom stereocenters. The summed E-state index contributed by atoms with van der Waals surface area (Å²) in [5.41, 5.74) is 0. The maximum Gasteiger partial charge on any atom is 0.717 e. The molecule has 0 aliphatic heterocycles. The molecule has 0 heterocycles. The quantitative estimate of drug-likeness (QED) is 0.323. The van der Waals surface area contributed by atoms with Crippen molar-refractivity contribution in [3.8, 4) is 0 Å². The van der Waals surface area contributed by atoms with Crippen LogP contribution in [-0.4, -0.2) is 61.2 Å². The van der Waals surface area contributed by atoms with Gasteiger partial charge in [-0.05, 0) is 4.57 Å². The molecule has 3 N–H and O–H groups in total. The predicted molar refractivity (Wildman–Crippen MR) is 26.9 cm³/mol. The van der Waals surface area contributed by atoms with Crippen molar-refractivity contribution in [3.63, 3.8) is 0 Å². The largest absolute Gasteiger partial charge is 0.717 e. The Bertz CT molecular complexity index is 95.7. The van der Waals surface area contributed by atoms with Crippen molar-refractivity contribution < 1.29 is 28.1 Å². The minimum absolute atomic E-state index is 0. The third kappa shape index (κ3) is 12.5. The van der Waals surface area contributed by atoms with Gasteiger partial charge in [0, 0.05) is 37.7 Å². The van der Waals surface area contributed by atoms with Gasteiger partial charge in [-0.1, -0.05) is 0 Å². The summed E-state index contributed by atoms with van der Waals surface area (Å²) in [6, 6.07) is 0. The predicted octanol–water partition coefficient (Wildman–Crippen LogP) is -2.95. The van der Waals surface area contributed by atoms with Gasteiger partial charge in [0.15, 0.2) is 0 Å². The molecule has 9 heavy (non-hydrogen) atoms. The Morgan fingerprint density at radius 3 is 1.78 bits per heavy atom. The van der Waals surface area contributed by atoms with Crippen LogP contribution in [0.4, 0.5) is 0 Å². The maximum atomic E-state index is 9.38. The van der Waals surface area contributed by atoms with Gasteiger partial charge >= 0.3 is 17.3 Å². The molecular formula is H3CaO6PSi. The molecule has 0 rings (SSSR count). The Morgan fingerprint density at radius 2 is 1.78 bits per heavy atom. The summed E-state index contributed by atoms with van der Waals surface area (Å²) in [5.74, 6) is 0. The summed E-state index contributed by atoms with van der Waals surface area (Å²) >= 11 is 0. The van der Waals surface area contributed by atoms with E-state index in [0.29, 0.717) is 0 Å². The van der Waals surface area contributed by atoms with Gasteiger partial charge in [-0.2, -0.15) is 0 Å². The first-order valence-electron chi connectivity index (χ1n) is 1.42. The minimum Gasteiger partial charge on any atom is -0.567 e. The second-order valence-electron chi connectivity index (χ2n) is 0.889. The first kappa shape index (κ1) is 13.0. The Morgan fingerprint density at radius 1 is 1.44 bits per heavy atom. The molecule has 0 aromatic carbocycles. The smallest absolute Gasteiger partial charge is 0.567 e. The van der Waals surface area contributed by atoms with Gasteiger partial charge in [0.1, 0.15) is 0 Å². The topological polar surface area (TPSA) is 110 Å². The zero-order valence-electron chi connectivity index (χ0n) is 4.22. The second kappa shape index (κ2) is 5.08. The van der Waals surface area contributed by atoms with Crippen LogP contribution in [0.25, 0.3) is 0 Å². The monoisotopic (exact) mass is 198 g/mol. The summed E-state index contributed by atoms with van der Waals surface area (Å²) < 4.78 is 12.6. The van der Waals surface area contributed by atoms with Gasteiger partial charge in [-0.25, -0.2) is 0 Å². The van der Waals surface area contributed by atoms with Crippen LogP contribution < -0.4 is 4.89 Å². The van der Waals surface area contributed by atoms with Crippen LogP contribution >= 0.6 is 8.25 Å². The van der Waals surface area contributed by atoms with E-state index in [-0.39, 0.29) is 37.7 Å². The van der Waals surface area contributed by atoms with E-state index >= 15 is 0 Å². The Labute approximate surface area is 82.5 Å². The summed E-state index contributed by atoms with van der Waals surface area (Å²) in [7, 11) is -8.19. The zero-order chi connectivity index (χ0) is 6.78. The standard InChI is InChI=1S/Ca.H3O6PSi/c;1-7(2)6-8(3,4)5/h;3-5H. The fourth-order valence-electron chi connectivity index (χ4n) is 0.100. The van der Waals surface area contributed by atoms with E-state index in [9.17, 15) is 9.46 Å². The summed E-state index contributed by atoms with van der Waals surface area (Å²) in [6.45, 7) is 0. The van der Waals surface area contributed by atoms with Crippen LogP contribution in [0, 0.1) is 0 Å². The molecule has 0 bridgehead atoms. The van der Waals surface area contributed by atoms with Crippen molar-refractivity contribution in [2.45, 2.75) is 0 Å². The molecule has 2 radical (unpaired) electrons. The average molecular weight is 198 g/mol. The molecule has 9 heteroatoms. The van der Waals surface area contributed by atoms with Crippen molar-refractivity contribution in [2.75, 3.05) is 0 Å². The summed E-state index contributed by atoms with van der Waals surface area (Å²) in [4.78, 5) is 32.9. The van der Waals surface area contributed by atoms with Crippen LogP contribution in [-0.2, 0) is 8.78 Å². The van der Waals surface area contributed by atoms with Crippen molar-refractivity contribution in [1.82, 2.24) is 0 Å². The first-order chi connectivity index (χ1) is 3.42. The van der Waals surface area contributed by atoms with E-state index in [4.69, 9.17) is 14.4 Å². The molecular weight excluding hydrogens is 195 g/mol. The van der Waals surface area contributed by atoms with E-state index < -0.39 is 17.3 Å². The Balaban J connectivity index is 0. The average Bonchev–Trinajstić information content (AvgIpc) is 1.21. The van der Waals surface area contributed by atoms with Gasteiger partial charge < -0.3 is 19.3 Å². The fourth-order valence-corrected chi connectivity index (χ4v) is 0.900. The van der Waals surface area contributed by atoms with Gasteiger partial charge in [0.2, 0.25) is 0 Å². The van der Waals surface area contributed by atoms with E-state index in [2.05, 4.69) is 4.21 Å². The molecule has 0 fully saturated rings. The number of rotatable bonds is 2. The van der Waals surface area contributed by atoms with Crippen molar-refractivity contribution in [1.29, 1.82) is 0 Å². The van der Waals surface area contributed by atoms with Gasteiger partial charge in [0.25, 0.3) is 0 Å². The molecule has 0 aromatic heterocycles. The van der Waals surface area contributed by atoms with E-state index in [0.717, 1.165) is 0 Å². The zero-order valence-corrected chi connectivity index (χ0v) is 8.32.